The number of ether oxygens (including phenoxy) is 1. The van der Waals surface area contributed by atoms with Crippen LogP contribution < -0.4 is 5.32 Å². The van der Waals surface area contributed by atoms with E-state index in [0.29, 0.717) is 10.6 Å². The van der Waals surface area contributed by atoms with Crippen LogP contribution in [0.4, 0.5) is 5.00 Å². The Balaban J connectivity index is 1.59. The highest BCUT2D eigenvalue weighted by Crippen LogP contribution is 2.38. The number of fused-ring (bicyclic) bond motifs is 2. The van der Waals surface area contributed by atoms with Crippen molar-refractivity contribution < 1.29 is 14.3 Å². The summed E-state index contributed by atoms with van der Waals surface area (Å²) in [7, 11) is 1.38. The van der Waals surface area contributed by atoms with Gasteiger partial charge in [-0.25, -0.2) is 4.79 Å². The molecule has 3 aromatic rings. The standard InChI is InChI=1S/C23H21NO3S/c1-27-23(26)21-18-11-4-5-12-19(18)28-22(21)24-20(25)14-13-16-9-6-8-15-7-2-3-10-17(15)16/h2-3,6-10,13-14H,4-5,11-12H2,1H3,(H,24,25). The molecule has 1 heterocycles. The molecule has 2 aromatic carbocycles. The number of thiophene rings is 1. The molecule has 1 N–H and O–H groups in total. The second-order valence-corrected chi connectivity index (χ2v) is 7.90. The van der Waals surface area contributed by atoms with Crippen LogP contribution in [0.2, 0.25) is 0 Å². The van der Waals surface area contributed by atoms with E-state index in [9.17, 15) is 9.59 Å². The van der Waals surface area contributed by atoms with Gasteiger partial charge in [-0.2, -0.15) is 0 Å². The van der Waals surface area contributed by atoms with Crippen molar-refractivity contribution in [1.29, 1.82) is 0 Å². The molecule has 0 aliphatic heterocycles. The van der Waals surface area contributed by atoms with E-state index < -0.39 is 0 Å². The van der Waals surface area contributed by atoms with Crippen molar-refractivity contribution in [1.82, 2.24) is 0 Å². The Bertz CT molecular complexity index is 1080. The lowest BCUT2D eigenvalue weighted by atomic mass is 9.95. The fraction of sp³-hybridized carbons (Fsp3) is 0.217. The predicted molar refractivity (Wildman–Crippen MR) is 114 cm³/mol. The Morgan fingerprint density at radius 1 is 1.07 bits per heavy atom. The molecular formula is C23H21NO3S. The number of benzene rings is 2. The number of hydrogen-bond donors (Lipinski definition) is 1. The number of esters is 1. The van der Waals surface area contributed by atoms with Gasteiger partial charge in [-0.1, -0.05) is 42.5 Å². The van der Waals surface area contributed by atoms with E-state index in [-0.39, 0.29) is 11.9 Å². The van der Waals surface area contributed by atoms with Gasteiger partial charge in [0.2, 0.25) is 5.91 Å². The molecule has 1 aromatic heterocycles. The van der Waals surface area contributed by atoms with Crippen molar-refractivity contribution >= 4 is 45.1 Å². The number of anilines is 1. The zero-order valence-electron chi connectivity index (χ0n) is 15.7. The van der Waals surface area contributed by atoms with Gasteiger partial charge in [-0.15, -0.1) is 11.3 Å². The summed E-state index contributed by atoms with van der Waals surface area (Å²) in [4.78, 5) is 26.0. The highest BCUT2D eigenvalue weighted by molar-refractivity contribution is 7.17. The molecule has 142 valence electrons. The highest BCUT2D eigenvalue weighted by Gasteiger charge is 2.26. The monoisotopic (exact) mass is 391 g/mol. The summed E-state index contributed by atoms with van der Waals surface area (Å²) >= 11 is 1.49. The first-order valence-corrected chi connectivity index (χ1v) is 10.2. The molecule has 4 rings (SSSR count). The molecule has 0 atom stereocenters. The number of methoxy groups -OCH3 is 1. The molecule has 0 saturated heterocycles. The number of rotatable bonds is 4. The van der Waals surface area contributed by atoms with E-state index >= 15 is 0 Å². The third-order valence-corrected chi connectivity index (χ3v) is 6.24. The number of amides is 1. The van der Waals surface area contributed by atoms with E-state index in [2.05, 4.69) is 5.32 Å². The minimum Gasteiger partial charge on any atom is -0.465 e. The van der Waals surface area contributed by atoms with Crippen molar-refractivity contribution in [3.05, 3.63) is 70.1 Å². The van der Waals surface area contributed by atoms with Crippen LogP contribution in [-0.2, 0) is 22.4 Å². The van der Waals surface area contributed by atoms with Gasteiger partial charge in [0.15, 0.2) is 0 Å². The smallest absolute Gasteiger partial charge is 0.341 e. The van der Waals surface area contributed by atoms with Crippen LogP contribution in [0.15, 0.2) is 48.5 Å². The maximum atomic E-state index is 12.6. The molecule has 1 amide bonds. The van der Waals surface area contributed by atoms with Gasteiger partial charge in [0, 0.05) is 11.0 Å². The summed E-state index contributed by atoms with van der Waals surface area (Å²) in [5.41, 5.74) is 2.54. The minimum absolute atomic E-state index is 0.253. The normalized spacial score (nSPS) is 13.5. The van der Waals surface area contributed by atoms with Crippen LogP contribution in [-0.4, -0.2) is 19.0 Å². The van der Waals surface area contributed by atoms with Gasteiger partial charge in [0.1, 0.15) is 5.00 Å². The van der Waals surface area contributed by atoms with Gasteiger partial charge in [-0.05, 0) is 53.7 Å². The number of nitrogens with one attached hydrogen (secondary N) is 1. The summed E-state index contributed by atoms with van der Waals surface area (Å²) < 4.78 is 4.96. The molecule has 1 aliphatic rings. The summed E-state index contributed by atoms with van der Waals surface area (Å²) in [5.74, 6) is -0.635. The zero-order valence-corrected chi connectivity index (χ0v) is 16.5. The summed E-state index contributed by atoms with van der Waals surface area (Å²) in [5, 5.41) is 5.70. The van der Waals surface area contributed by atoms with Gasteiger partial charge in [0.05, 0.1) is 12.7 Å². The van der Waals surface area contributed by atoms with Crippen LogP contribution in [0.5, 0.6) is 0 Å². The fourth-order valence-electron chi connectivity index (χ4n) is 3.69. The lowest BCUT2D eigenvalue weighted by Crippen LogP contribution is -2.13. The Morgan fingerprint density at radius 3 is 2.71 bits per heavy atom. The average Bonchev–Trinajstić information content (AvgIpc) is 3.09. The first-order chi connectivity index (χ1) is 13.7. The van der Waals surface area contributed by atoms with Crippen molar-refractivity contribution in [2.45, 2.75) is 25.7 Å². The first-order valence-electron chi connectivity index (χ1n) is 9.37. The Hall–Kier alpha value is -2.92. The lowest BCUT2D eigenvalue weighted by Gasteiger charge is -2.11. The predicted octanol–water partition coefficient (Wildman–Crippen LogP) is 5.22. The molecule has 0 unspecified atom stereocenters. The molecule has 0 spiro atoms. The Morgan fingerprint density at radius 2 is 1.86 bits per heavy atom. The SMILES string of the molecule is COC(=O)c1c(NC(=O)C=Cc2cccc3ccccc23)sc2c1CCCC2. The van der Waals surface area contributed by atoms with E-state index in [0.717, 1.165) is 47.6 Å². The number of carbonyl (C=O) groups is 2. The quantitative estimate of drug-likeness (QED) is 0.490. The minimum atomic E-state index is -0.382. The highest BCUT2D eigenvalue weighted by atomic mass is 32.1. The van der Waals surface area contributed by atoms with Crippen LogP contribution in [0.3, 0.4) is 0 Å². The first kappa shape index (κ1) is 18.4. The molecule has 0 radical (unpaired) electrons. The number of aryl methyl sites for hydroxylation is 1. The zero-order chi connectivity index (χ0) is 19.5. The Labute approximate surface area is 167 Å². The van der Waals surface area contributed by atoms with Crippen LogP contribution in [0.25, 0.3) is 16.8 Å². The van der Waals surface area contributed by atoms with E-state index in [1.807, 2.05) is 48.5 Å². The van der Waals surface area contributed by atoms with Crippen LogP contribution in [0, 0.1) is 0 Å². The lowest BCUT2D eigenvalue weighted by molar-refractivity contribution is -0.111. The van der Waals surface area contributed by atoms with Crippen LogP contribution >= 0.6 is 11.3 Å². The molecule has 1 aliphatic carbocycles. The molecule has 0 fully saturated rings. The molecular weight excluding hydrogens is 370 g/mol. The third kappa shape index (κ3) is 3.58. The van der Waals surface area contributed by atoms with E-state index in [4.69, 9.17) is 4.74 Å². The summed E-state index contributed by atoms with van der Waals surface area (Å²) in [6.07, 6.45) is 7.30. The number of carbonyl (C=O) groups excluding carboxylic acids is 2. The number of hydrogen-bond acceptors (Lipinski definition) is 4. The Kier molecular flexibility index (Phi) is 5.26. The van der Waals surface area contributed by atoms with Crippen molar-refractivity contribution in [3.8, 4) is 0 Å². The van der Waals surface area contributed by atoms with Crippen molar-refractivity contribution in [2.75, 3.05) is 12.4 Å². The second-order valence-electron chi connectivity index (χ2n) is 6.80. The molecule has 0 bridgehead atoms. The fourth-order valence-corrected chi connectivity index (χ4v) is 4.97. The van der Waals surface area contributed by atoms with Gasteiger partial charge >= 0.3 is 5.97 Å². The third-order valence-electron chi connectivity index (χ3n) is 5.04. The van der Waals surface area contributed by atoms with E-state index in [1.165, 1.54) is 29.4 Å². The van der Waals surface area contributed by atoms with Gasteiger partial charge in [-0.3, -0.25) is 4.79 Å². The maximum absolute atomic E-state index is 12.6. The summed E-state index contributed by atoms with van der Waals surface area (Å²) in [6, 6.07) is 14.1. The average molecular weight is 391 g/mol. The summed E-state index contributed by atoms with van der Waals surface area (Å²) in [6.45, 7) is 0. The molecule has 0 saturated carbocycles. The largest absolute Gasteiger partial charge is 0.465 e. The van der Waals surface area contributed by atoms with Crippen molar-refractivity contribution in [2.24, 2.45) is 0 Å². The molecule has 28 heavy (non-hydrogen) atoms. The van der Waals surface area contributed by atoms with Crippen LogP contribution in [0.1, 0.15) is 39.2 Å². The van der Waals surface area contributed by atoms with Crippen molar-refractivity contribution in [3.63, 3.8) is 0 Å². The molecule has 4 nitrogen and oxygen atoms in total. The van der Waals surface area contributed by atoms with E-state index in [1.54, 1.807) is 0 Å². The molecule has 5 heteroatoms. The van der Waals surface area contributed by atoms with Gasteiger partial charge in [0.25, 0.3) is 0 Å². The van der Waals surface area contributed by atoms with Gasteiger partial charge < -0.3 is 10.1 Å². The maximum Gasteiger partial charge on any atom is 0.341 e. The topological polar surface area (TPSA) is 55.4 Å². The second kappa shape index (κ2) is 7.98.